The van der Waals surface area contributed by atoms with Gasteiger partial charge in [-0.3, -0.25) is 4.79 Å². The molecule has 0 heterocycles. The molecule has 0 aromatic heterocycles. The molecule has 0 aromatic rings. The summed E-state index contributed by atoms with van der Waals surface area (Å²) in [5.74, 6) is -0.968. The molecular formula is C26H41F3O4Si. The van der Waals surface area contributed by atoms with Crippen LogP contribution < -0.4 is 0 Å². The highest BCUT2D eigenvalue weighted by molar-refractivity contribution is 6.74. The van der Waals surface area contributed by atoms with Crippen LogP contribution in [0.4, 0.5) is 13.2 Å². The molecule has 0 fully saturated rings. The number of hydrogen-bond donors (Lipinski definition) is 1. The van der Waals surface area contributed by atoms with Crippen molar-refractivity contribution in [2.75, 3.05) is 0 Å². The van der Waals surface area contributed by atoms with Gasteiger partial charge in [-0.2, -0.15) is 13.2 Å². The third-order valence-electron chi connectivity index (χ3n) is 6.76. The molecule has 0 saturated heterocycles. The van der Waals surface area contributed by atoms with Crippen molar-refractivity contribution in [1.82, 2.24) is 0 Å². The van der Waals surface area contributed by atoms with E-state index in [9.17, 15) is 27.9 Å². The number of carbonyl (C=O) groups is 2. The fourth-order valence-corrected chi connectivity index (χ4v) is 4.83. The molecule has 0 bridgehead atoms. The molecule has 34 heavy (non-hydrogen) atoms. The molecule has 1 aliphatic carbocycles. The van der Waals surface area contributed by atoms with E-state index in [0.29, 0.717) is 25.7 Å². The molecule has 1 unspecified atom stereocenters. The summed E-state index contributed by atoms with van der Waals surface area (Å²) < 4.78 is 42.5. The van der Waals surface area contributed by atoms with E-state index in [1.165, 1.54) is 6.08 Å². The molecule has 0 aromatic carbocycles. The van der Waals surface area contributed by atoms with E-state index in [-0.39, 0.29) is 23.2 Å². The maximum atomic E-state index is 12.3. The number of halogens is 3. The average Bonchev–Trinajstić information content (AvgIpc) is 3.03. The first-order chi connectivity index (χ1) is 15.6. The zero-order valence-corrected chi connectivity index (χ0v) is 22.3. The maximum Gasteiger partial charge on any atom is 0.389 e. The summed E-state index contributed by atoms with van der Waals surface area (Å²) in [6, 6.07) is 0. The summed E-state index contributed by atoms with van der Waals surface area (Å²) in [5.41, 5.74) is 4.06. The smallest absolute Gasteiger partial charge is 0.389 e. The fraction of sp³-hybridized carbons (Fsp3) is 0.731. The second-order valence-corrected chi connectivity index (χ2v) is 15.4. The van der Waals surface area contributed by atoms with Crippen LogP contribution in [-0.4, -0.2) is 37.5 Å². The van der Waals surface area contributed by atoms with Gasteiger partial charge in [0, 0.05) is 18.8 Å². The van der Waals surface area contributed by atoms with Gasteiger partial charge in [0.05, 0.1) is 0 Å². The Kier molecular flexibility index (Phi) is 12.0. The van der Waals surface area contributed by atoms with Crippen LogP contribution in [0, 0.1) is 5.92 Å². The van der Waals surface area contributed by atoms with Crippen molar-refractivity contribution in [1.29, 1.82) is 0 Å². The molecule has 4 nitrogen and oxygen atoms in total. The summed E-state index contributed by atoms with van der Waals surface area (Å²) in [6.07, 6.45) is 5.12. The molecule has 0 aliphatic heterocycles. The van der Waals surface area contributed by atoms with Gasteiger partial charge in [-0.1, -0.05) is 51.7 Å². The van der Waals surface area contributed by atoms with Crippen LogP contribution in [0.5, 0.6) is 0 Å². The van der Waals surface area contributed by atoms with Crippen molar-refractivity contribution in [3.63, 3.8) is 0 Å². The highest BCUT2D eigenvalue weighted by Gasteiger charge is 2.40. The van der Waals surface area contributed by atoms with Crippen molar-refractivity contribution in [2.24, 2.45) is 5.92 Å². The number of carboxylic acid groups (broad SMARTS) is 1. The number of alkyl halides is 3. The van der Waals surface area contributed by atoms with Crippen LogP contribution in [0.1, 0.15) is 85.0 Å². The second kappa shape index (κ2) is 13.5. The quantitative estimate of drug-likeness (QED) is 0.114. The Morgan fingerprint density at radius 1 is 1.21 bits per heavy atom. The van der Waals surface area contributed by atoms with Gasteiger partial charge in [-0.15, -0.1) is 5.73 Å². The van der Waals surface area contributed by atoms with Crippen LogP contribution in [-0.2, 0) is 14.0 Å². The van der Waals surface area contributed by atoms with E-state index in [1.807, 2.05) is 19.2 Å². The molecule has 1 N–H and O–H groups in total. The van der Waals surface area contributed by atoms with Crippen LogP contribution in [0.15, 0.2) is 29.5 Å². The Morgan fingerprint density at radius 3 is 2.41 bits per heavy atom. The molecule has 194 valence electrons. The molecule has 8 heteroatoms. The van der Waals surface area contributed by atoms with E-state index in [0.717, 1.165) is 31.3 Å². The second-order valence-electron chi connectivity index (χ2n) is 10.6. The standard InChI is InChI=1S/C26H41F3O4Si/c1-25(2,3)34(4,5)33-23(24(31)32)16-12-9-11-15-21-20(17-18-22(21)30)14-10-7-6-8-13-19-26(27,28)29/h9,16-17,21,23H,6-8,10-11,13-15,18-19H2,1-5H3,(H,31,32)/t12?,21-,23?/m1/s1. The molecule has 2 atom stereocenters. The Bertz CT molecular complexity index is 772. The van der Waals surface area contributed by atoms with Gasteiger partial charge >= 0.3 is 12.1 Å². The maximum absolute atomic E-state index is 12.3. The van der Waals surface area contributed by atoms with Crippen LogP contribution in [0.3, 0.4) is 0 Å². The first-order valence-corrected chi connectivity index (χ1v) is 15.1. The Balaban J connectivity index is 2.47. The van der Waals surface area contributed by atoms with E-state index >= 15 is 0 Å². The molecular weight excluding hydrogens is 461 g/mol. The number of Topliss-reactive ketones (excluding diaryl/α,β-unsaturated/α-hetero) is 1. The Hall–Kier alpha value is -1.63. The molecule has 0 saturated carbocycles. The lowest BCUT2D eigenvalue weighted by Gasteiger charge is -2.37. The number of aliphatic carboxylic acids is 1. The minimum Gasteiger partial charge on any atom is -0.479 e. The molecule has 0 radical (unpaired) electrons. The minimum atomic E-state index is -4.07. The van der Waals surface area contributed by atoms with Gasteiger partial charge in [-0.05, 0) is 62.4 Å². The van der Waals surface area contributed by atoms with Crippen LogP contribution >= 0.6 is 0 Å². The van der Waals surface area contributed by atoms with Crippen molar-refractivity contribution >= 4 is 20.1 Å². The minimum absolute atomic E-state index is 0.104. The first kappa shape index (κ1) is 30.4. The van der Waals surface area contributed by atoms with Gasteiger partial charge in [0.25, 0.3) is 0 Å². The average molecular weight is 503 g/mol. The summed E-state index contributed by atoms with van der Waals surface area (Å²) >= 11 is 0. The third-order valence-corrected chi connectivity index (χ3v) is 11.2. The summed E-state index contributed by atoms with van der Waals surface area (Å²) in [6.45, 7) is 10.2. The summed E-state index contributed by atoms with van der Waals surface area (Å²) in [7, 11) is -2.24. The van der Waals surface area contributed by atoms with Crippen LogP contribution in [0.2, 0.25) is 18.1 Å². The normalized spacial score (nSPS) is 17.8. The van der Waals surface area contributed by atoms with Gasteiger partial charge < -0.3 is 9.53 Å². The number of rotatable bonds is 14. The van der Waals surface area contributed by atoms with Gasteiger partial charge in [0.15, 0.2) is 14.4 Å². The molecule has 0 amide bonds. The van der Waals surface area contributed by atoms with E-state index in [4.69, 9.17) is 4.43 Å². The predicted octanol–water partition coefficient (Wildman–Crippen LogP) is 7.76. The molecule has 1 rings (SSSR count). The van der Waals surface area contributed by atoms with E-state index in [2.05, 4.69) is 26.5 Å². The molecule has 0 spiro atoms. The zero-order chi connectivity index (χ0) is 26.0. The zero-order valence-electron chi connectivity index (χ0n) is 21.3. The van der Waals surface area contributed by atoms with E-state index in [1.54, 1.807) is 6.08 Å². The summed E-state index contributed by atoms with van der Waals surface area (Å²) in [5, 5.41) is 9.39. The van der Waals surface area contributed by atoms with Crippen molar-refractivity contribution < 1.29 is 32.3 Å². The lowest BCUT2D eigenvalue weighted by atomic mass is 9.91. The lowest BCUT2D eigenvalue weighted by Crippen LogP contribution is -2.45. The van der Waals surface area contributed by atoms with Crippen molar-refractivity contribution in [3.8, 4) is 0 Å². The first-order valence-electron chi connectivity index (χ1n) is 12.2. The summed E-state index contributed by atoms with van der Waals surface area (Å²) in [4.78, 5) is 23.9. The van der Waals surface area contributed by atoms with Gasteiger partial charge in [0.1, 0.15) is 5.78 Å². The van der Waals surface area contributed by atoms with Crippen LogP contribution in [0.25, 0.3) is 0 Å². The highest BCUT2D eigenvalue weighted by Crippen LogP contribution is 2.37. The number of hydrogen-bond acceptors (Lipinski definition) is 3. The SMILES string of the molecule is CC(C)(C)[Si](C)(C)OC(C=C=CCC[C@H]1C(=O)CC=C1CCCCCCCC(F)(F)F)C(=O)O. The van der Waals surface area contributed by atoms with E-state index < -0.39 is 33.0 Å². The largest absolute Gasteiger partial charge is 0.479 e. The Morgan fingerprint density at radius 2 is 1.82 bits per heavy atom. The van der Waals surface area contributed by atoms with Crippen molar-refractivity contribution in [3.05, 3.63) is 29.5 Å². The topological polar surface area (TPSA) is 63.6 Å². The number of carbonyl (C=O) groups excluding carboxylic acids is 1. The number of ketones is 1. The van der Waals surface area contributed by atoms with Gasteiger partial charge in [0.2, 0.25) is 0 Å². The van der Waals surface area contributed by atoms with Gasteiger partial charge in [-0.25, -0.2) is 4.79 Å². The number of unbranched alkanes of at least 4 members (excludes halogenated alkanes) is 4. The monoisotopic (exact) mass is 502 g/mol. The number of carboxylic acids is 1. The highest BCUT2D eigenvalue weighted by atomic mass is 28.4. The fourth-order valence-electron chi connectivity index (χ4n) is 3.67. The van der Waals surface area contributed by atoms with Crippen molar-refractivity contribution in [2.45, 2.75) is 115 Å². The predicted molar refractivity (Wildman–Crippen MR) is 131 cm³/mol. The number of allylic oxidation sites excluding steroid dienone is 2. The lowest BCUT2D eigenvalue weighted by molar-refractivity contribution is -0.143. The molecule has 1 aliphatic rings. The third kappa shape index (κ3) is 11.2. The Labute approximate surface area is 203 Å².